The van der Waals surface area contributed by atoms with Gasteiger partial charge in [-0.05, 0) is 13.0 Å². The van der Waals surface area contributed by atoms with Crippen molar-refractivity contribution in [1.29, 1.82) is 0 Å². The number of Topliss-reactive ketones (excluding diaryl/α,β-unsaturated/α-hetero) is 1. The molecule has 0 aliphatic rings. The largest absolute Gasteiger partial charge is 0.434 e. The zero-order chi connectivity index (χ0) is 11.9. The molecule has 82 valence electrons. The molecule has 0 fully saturated rings. The second-order valence-electron chi connectivity index (χ2n) is 3.39. The lowest BCUT2D eigenvalue weighted by Gasteiger charge is -1.96. The first-order valence-corrected chi connectivity index (χ1v) is 4.55. The lowest BCUT2D eigenvalue weighted by atomic mass is 10.1. The summed E-state index contributed by atoms with van der Waals surface area (Å²) in [4.78, 5) is 25.4. The summed E-state index contributed by atoms with van der Waals surface area (Å²) in [5, 5.41) is 10.8. The van der Waals surface area contributed by atoms with Gasteiger partial charge in [0.25, 0.3) is 0 Å². The standard InChI is InChI=1S/C10H8N2O4/c1-5(13)7-3-8-10(16-6(2)11-8)9(4-7)12(14)15/h3-4H,1-2H3. The van der Waals surface area contributed by atoms with Crippen LogP contribution >= 0.6 is 0 Å². The monoisotopic (exact) mass is 220 g/mol. The summed E-state index contributed by atoms with van der Waals surface area (Å²) < 4.78 is 5.13. The van der Waals surface area contributed by atoms with Gasteiger partial charge < -0.3 is 4.42 Å². The molecule has 0 atom stereocenters. The van der Waals surface area contributed by atoms with Crippen LogP contribution in [0.15, 0.2) is 16.5 Å². The van der Waals surface area contributed by atoms with Crippen molar-refractivity contribution in [3.05, 3.63) is 33.7 Å². The summed E-state index contributed by atoms with van der Waals surface area (Å²) in [5.74, 6) is 0.0875. The number of non-ortho nitro benzene ring substituents is 1. The molecule has 0 N–H and O–H groups in total. The maximum Gasteiger partial charge on any atom is 0.314 e. The molecular weight excluding hydrogens is 212 g/mol. The Morgan fingerprint density at radius 2 is 2.19 bits per heavy atom. The highest BCUT2D eigenvalue weighted by Gasteiger charge is 2.20. The number of hydrogen-bond acceptors (Lipinski definition) is 5. The maximum atomic E-state index is 11.2. The average Bonchev–Trinajstić information content (AvgIpc) is 2.55. The van der Waals surface area contributed by atoms with E-state index >= 15 is 0 Å². The smallest absolute Gasteiger partial charge is 0.314 e. The molecule has 0 saturated heterocycles. The number of fused-ring (bicyclic) bond motifs is 1. The van der Waals surface area contributed by atoms with E-state index in [9.17, 15) is 14.9 Å². The van der Waals surface area contributed by atoms with Crippen LogP contribution in [0.25, 0.3) is 11.1 Å². The summed E-state index contributed by atoms with van der Waals surface area (Å²) in [6.45, 7) is 2.94. The first-order chi connectivity index (χ1) is 7.49. The predicted molar refractivity (Wildman–Crippen MR) is 55.4 cm³/mol. The van der Waals surface area contributed by atoms with Crippen molar-refractivity contribution < 1.29 is 14.1 Å². The van der Waals surface area contributed by atoms with Crippen molar-refractivity contribution in [3.63, 3.8) is 0 Å². The average molecular weight is 220 g/mol. The van der Waals surface area contributed by atoms with E-state index in [4.69, 9.17) is 4.42 Å². The molecule has 0 saturated carbocycles. The van der Waals surface area contributed by atoms with Gasteiger partial charge in [-0.25, -0.2) is 4.98 Å². The molecule has 16 heavy (non-hydrogen) atoms. The van der Waals surface area contributed by atoms with E-state index in [0.29, 0.717) is 11.4 Å². The Kier molecular flexibility index (Phi) is 2.19. The minimum absolute atomic E-state index is 0.104. The van der Waals surface area contributed by atoms with E-state index in [-0.39, 0.29) is 22.6 Å². The number of nitro groups is 1. The highest BCUT2D eigenvalue weighted by Crippen LogP contribution is 2.28. The number of carbonyl (C=O) groups excluding carboxylic acids is 1. The number of nitrogens with zero attached hydrogens (tertiary/aromatic N) is 2. The maximum absolute atomic E-state index is 11.2. The van der Waals surface area contributed by atoms with Crippen molar-refractivity contribution >= 4 is 22.6 Å². The van der Waals surface area contributed by atoms with Gasteiger partial charge in [-0.1, -0.05) is 0 Å². The lowest BCUT2D eigenvalue weighted by Crippen LogP contribution is -1.95. The summed E-state index contributed by atoms with van der Waals surface area (Å²) in [7, 11) is 0. The Bertz CT molecular complexity index is 600. The van der Waals surface area contributed by atoms with E-state index < -0.39 is 4.92 Å². The quantitative estimate of drug-likeness (QED) is 0.440. The fraction of sp³-hybridized carbons (Fsp3) is 0.200. The molecule has 2 rings (SSSR count). The van der Waals surface area contributed by atoms with Crippen LogP contribution in [0, 0.1) is 17.0 Å². The molecule has 1 aromatic heterocycles. The lowest BCUT2D eigenvalue weighted by molar-refractivity contribution is -0.383. The van der Waals surface area contributed by atoms with Gasteiger partial charge in [0, 0.05) is 18.6 Å². The van der Waals surface area contributed by atoms with Crippen LogP contribution in [-0.4, -0.2) is 15.7 Å². The molecular formula is C10H8N2O4. The molecule has 6 nitrogen and oxygen atoms in total. The first kappa shape index (κ1) is 10.3. The third-order valence-electron chi connectivity index (χ3n) is 2.18. The van der Waals surface area contributed by atoms with Gasteiger partial charge in [0.15, 0.2) is 11.7 Å². The van der Waals surface area contributed by atoms with Crippen LogP contribution in [0.2, 0.25) is 0 Å². The van der Waals surface area contributed by atoms with Crippen LogP contribution in [0.3, 0.4) is 0 Å². The third-order valence-corrected chi connectivity index (χ3v) is 2.18. The van der Waals surface area contributed by atoms with Crippen LogP contribution in [0.1, 0.15) is 23.2 Å². The predicted octanol–water partition coefficient (Wildman–Crippen LogP) is 2.25. The highest BCUT2D eigenvalue weighted by molar-refractivity contribution is 5.99. The van der Waals surface area contributed by atoms with E-state index in [1.807, 2.05) is 0 Å². The summed E-state index contributed by atoms with van der Waals surface area (Å²) in [6, 6.07) is 2.69. The number of aromatic nitrogens is 1. The van der Waals surface area contributed by atoms with Crippen LogP contribution in [0.5, 0.6) is 0 Å². The Morgan fingerprint density at radius 1 is 1.50 bits per heavy atom. The van der Waals surface area contributed by atoms with Crippen LogP contribution < -0.4 is 0 Å². The molecule has 1 heterocycles. The summed E-state index contributed by atoms with van der Waals surface area (Å²) in [5.41, 5.74) is 0.459. The number of benzene rings is 1. The molecule has 0 unspecified atom stereocenters. The number of carbonyl (C=O) groups is 1. The number of hydrogen-bond donors (Lipinski definition) is 0. The van der Waals surface area contributed by atoms with E-state index in [0.717, 1.165) is 0 Å². The van der Waals surface area contributed by atoms with E-state index in [2.05, 4.69) is 4.98 Å². The van der Waals surface area contributed by atoms with Crippen molar-refractivity contribution in [1.82, 2.24) is 4.98 Å². The fourth-order valence-electron chi connectivity index (χ4n) is 1.47. The Labute approximate surface area is 90.0 Å². The molecule has 0 bridgehead atoms. The number of aryl methyl sites for hydroxylation is 1. The fourth-order valence-corrected chi connectivity index (χ4v) is 1.47. The highest BCUT2D eigenvalue weighted by atomic mass is 16.6. The SMILES string of the molecule is CC(=O)c1cc([N+](=O)[O-])c2oc(C)nc2c1. The minimum Gasteiger partial charge on any atom is -0.434 e. The van der Waals surface area contributed by atoms with Gasteiger partial charge in [-0.2, -0.15) is 0 Å². The second kappa shape index (κ2) is 3.41. The van der Waals surface area contributed by atoms with Gasteiger partial charge in [-0.3, -0.25) is 14.9 Å². The Hall–Kier alpha value is -2.24. The molecule has 0 amide bonds. The number of oxazole rings is 1. The van der Waals surface area contributed by atoms with E-state index in [1.54, 1.807) is 6.92 Å². The minimum atomic E-state index is -0.584. The van der Waals surface area contributed by atoms with Crippen molar-refractivity contribution in [2.24, 2.45) is 0 Å². The molecule has 0 aliphatic heterocycles. The number of rotatable bonds is 2. The van der Waals surface area contributed by atoms with Gasteiger partial charge in [0.2, 0.25) is 5.58 Å². The third kappa shape index (κ3) is 1.54. The Balaban J connectivity index is 2.83. The normalized spacial score (nSPS) is 10.6. The van der Waals surface area contributed by atoms with Gasteiger partial charge in [-0.15, -0.1) is 0 Å². The van der Waals surface area contributed by atoms with Crippen molar-refractivity contribution in [3.8, 4) is 0 Å². The van der Waals surface area contributed by atoms with Crippen molar-refractivity contribution in [2.45, 2.75) is 13.8 Å². The molecule has 1 aromatic carbocycles. The first-order valence-electron chi connectivity index (χ1n) is 4.55. The van der Waals surface area contributed by atoms with Crippen molar-refractivity contribution in [2.75, 3.05) is 0 Å². The second-order valence-corrected chi connectivity index (χ2v) is 3.39. The summed E-state index contributed by atoms with van der Waals surface area (Å²) in [6.07, 6.45) is 0. The topological polar surface area (TPSA) is 86.2 Å². The van der Waals surface area contributed by atoms with Gasteiger partial charge in [0.1, 0.15) is 5.52 Å². The zero-order valence-corrected chi connectivity index (χ0v) is 8.68. The van der Waals surface area contributed by atoms with E-state index in [1.165, 1.54) is 19.1 Å². The summed E-state index contributed by atoms with van der Waals surface area (Å²) >= 11 is 0. The number of nitro benzene ring substituents is 1. The molecule has 6 heteroatoms. The molecule has 2 aromatic rings. The Morgan fingerprint density at radius 3 is 2.75 bits per heavy atom. The van der Waals surface area contributed by atoms with Gasteiger partial charge in [0.05, 0.1) is 4.92 Å². The molecule has 0 aliphatic carbocycles. The van der Waals surface area contributed by atoms with Crippen LogP contribution in [-0.2, 0) is 0 Å². The number of ketones is 1. The van der Waals surface area contributed by atoms with Gasteiger partial charge >= 0.3 is 5.69 Å². The zero-order valence-electron chi connectivity index (χ0n) is 8.68. The molecule has 0 spiro atoms. The van der Waals surface area contributed by atoms with Crippen LogP contribution in [0.4, 0.5) is 5.69 Å². The molecule has 0 radical (unpaired) electrons.